The average molecular weight is 265 g/mol. The predicted molar refractivity (Wildman–Crippen MR) is 50.9 cm³/mol. The van der Waals surface area contributed by atoms with Crippen LogP contribution in [0.2, 0.25) is 0 Å². The van der Waals surface area contributed by atoms with Gasteiger partial charge in [0.1, 0.15) is 6.54 Å². The van der Waals surface area contributed by atoms with Gasteiger partial charge >= 0.3 is 6.18 Å². The Morgan fingerprint density at radius 3 is 2.31 bits per heavy atom. The van der Waals surface area contributed by atoms with E-state index in [9.17, 15) is 21.6 Å². The molecule has 0 saturated carbocycles. The summed E-state index contributed by atoms with van der Waals surface area (Å²) in [5.74, 6) is 0. The first-order valence-corrected chi connectivity index (χ1v) is 5.84. The number of rotatable bonds is 8. The summed E-state index contributed by atoms with van der Waals surface area (Å²) in [6, 6.07) is 0. The molecule has 0 aliphatic carbocycles. The van der Waals surface area contributed by atoms with Gasteiger partial charge in [0.25, 0.3) is 10.2 Å². The molecule has 0 saturated heterocycles. The summed E-state index contributed by atoms with van der Waals surface area (Å²) in [5.41, 5.74) is 5.09. The zero-order chi connectivity index (χ0) is 12.7. The zero-order valence-electron chi connectivity index (χ0n) is 8.38. The maximum absolute atomic E-state index is 11.7. The molecule has 0 atom stereocenters. The maximum Gasteiger partial charge on any atom is 0.402 e. The molecule has 0 amide bonds. The second-order valence-corrected chi connectivity index (χ2v) is 4.32. The minimum Gasteiger partial charge on any atom is -0.379 e. The van der Waals surface area contributed by atoms with E-state index in [1.54, 1.807) is 0 Å². The Morgan fingerprint density at radius 1 is 1.19 bits per heavy atom. The Hall–Kier alpha value is -0.420. The van der Waals surface area contributed by atoms with E-state index in [2.05, 4.69) is 0 Å². The van der Waals surface area contributed by atoms with Crippen LogP contribution in [-0.4, -0.2) is 47.4 Å². The van der Waals surface area contributed by atoms with Crippen molar-refractivity contribution in [3.05, 3.63) is 0 Å². The predicted octanol–water partition coefficient (Wildman–Crippen LogP) is -1.05. The first-order valence-electron chi connectivity index (χ1n) is 4.35. The largest absolute Gasteiger partial charge is 0.402 e. The van der Waals surface area contributed by atoms with E-state index in [0.717, 1.165) is 0 Å². The number of nitrogens with two attached hydrogens (primary N) is 1. The number of halogens is 3. The van der Waals surface area contributed by atoms with Crippen LogP contribution in [0.25, 0.3) is 0 Å². The molecule has 0 heterocycles. The first kappa shape index (κ1) is 15.6. The topological polar surface area (TPSA) is 93.4 Å². The van der Waals surface area contributed by atoms with Crippen molar-refractivity contribution in [3.63, 3.8) is 0 Å². The number of hydrogen-bond donors (Lipinski definition) is 3. The van der Waals surface area contributed by atoms with Gasteiger partial charge in [-0.2, -0.15) is 31.0 Å². The maximum atomic E-state index is 11.7. The number of nitrogens with one attached hydrogen (secondary N) is 2. The highest BCUT2D eigenvalue weighted by atomic mass is 32.2. The molecule has 0 spiro atoms. The van der Waals surface area contributed by atoms with Crippen LogP contribution in [0, 0.1) is 0 Å². The Kier molecular flexibility index (Phi) is 6.83. The molecule has 0 rings (SSSR count). The van der Waals surface area contributed by atoms with Crippen molar-refractivity contribution in [2.45, 2.75) is 6.18 Å². The van der Waals surface area contributed by atoms with Crippen molar-refractivity contribution < 1.29 is 26.3 Å². The fraction of sp³-hybridized carbons (Fsp3) is 1.00. The quantitative estimate of drug-likeness (QED) is 0.488. The van der Waals surface area contributed by atoms with E-state index in [1.165, 1.54) is 4.72 Å². The van der Waals surface area contributed by atoms with E-state index in [0.29, 0.717) is 6.54 Å². The first-order chi connectivity index (χ1) is 7.27. The van der Waals surface area contributed by atoms with Crippen LogP contribution in [-0.2, 0) is 14.9 Å². The second-order valence-electron chi connectivity index (χ2n) is 2.74. The van der Waals surface area contributed by atoms with Crippen LogP contribution in [0.1, 0.15) is 0 Å². The molecule has 16 heavy (non-hydrogen) atoms. The Balaban J connectivity index is 3.71. The van der Waals surface area contributed by atoms with Crippen molar-refractivity contribution in [1.82, 2.24) is 9.44 Å². The number of ether oxygens (including phenoxy) is 1. The highest BCUT2D eigenvalue weighted by molar-refractivity contribution is 7.87. The van der Waals surface area contributed by atoms with Crippen LogP contribution in [0.5, 0.6) is 0 Å². The lowest BCUT2D eigenvalue weighted by Crippen LogP contribution is -2.42. The molecular formula is C6H14F3N3O3S. The lowest BCUT2D eigenvalue weighted by molar-refractivity contribution is -0.121. The molecule has 0 fully saturated rings. The fourth-order valence-corrected chi connectivity index (χ4v) is 1.47. The summed E-state index contributed by atoms with van der Waals surface area (Å²) in [5, 5.41) is 0. The summed E-state index contributed by atoms with van der Waals surface area (Å²) in [4.78, 5) is 0. The van der Waals surface area contributed by atoms with E-state index in [-0.39, 0.29) is 19.8 Å². The molecule has 0 aliphatic heterocycles. The van der Waals surface area contributed by atoms with E-state index >= 15 is 0 Å². The van der Waals surface area contributed by atoms with Gasteiger partial charge in [0.2, 0.25) is 0 Å². The Labute approximate surface area is 91.5 Å². The van der Waals surface area contributed by atoms with Crippen LogP contribution < -0.4 is 15.2 Å². The molecule has 0 bridgehead atoms. The Morgan fingerprint density at radius 2 is 1.81 bits per heavy atom. The number of alkyl halides is 3. The van der Waals surface area contributed by atoms with E-state index in [1.807, 2.05) is 4.72 Å². The second kappa shape index (κ2) is 7.01. The van der Waals surface area contributed by atoms with E-state index in [4.69, 9.17) is 10.5 Å². The molecule has 4 N–H and O–H groups in total. The van der Waals surface area contributed by atoms with Gasteiger partial charge in [-0.25, -0.2) is 0 Å². The van der Waals surface area contributed by atoms with Crippen LogP contribution in [0.4, 0.5) is 13.2 Å². The van der Waals surface area contributed by atoms with Gasteiger partial charge < -0.3 is 10.5 Å². The Bertz CT molecular complexity index is 280. The number of hydrogen-bond acceptors (Lipinski definition) is 4. The van der Waals surface area contributed by atoms with Gasteiger partial charge in [-0.05, 0) is 0 Å². The summed E-state index contributed by atoms with van der Waals surface area (Å²) in [6.45, 7) is -1.12. The third-order valence-corrected chi connectivity index (χ3v) is 2.37. The fourth-order valence-electron chi connectivity index (χ4n) is 0.661. The average Bonchev–Trinajstić information content (AvgIpc) is 2.14. The monoisotopic (exact) mass is 265 g/mol. The van der Waals surface area contributed by atoms with Gasteiger partial charge in [0, 0.05) is 13.1 Å². The van der Waals surface area contributed by atoms with Crippen molar-refractivity contribution >= 4 is 10.2 Å². The van der Waals surface area contributed by atoms with Crippen molar-refractivity contribution in [1.29, 1.82) is 0 Å². The third kappa shape index (κ3) is 10.1. The normalized spacial score (nSPS) is 13.0. The summed E-state index contributed by atoms with van der Waals surface area (Å²) in [6.07, 6.45) is -4.58. The molecule has 0 aromatic rings. The summed E-state index contributed by atoms with van der Waals surface area (Å²) in [7, 11) is -4.13. The third-order valence-electron chi connectivity index (χ3n) is 1.26. The highest BCUT2D eigenvalue weighted by Gasteiger charge is 2.29. The molecule has 10 heteroatoms. The molecule has 0 aromatic carbocycles. The van der Waals surface area contributed by atoms with Crippen LogP contribution in [0.3, 0.4) is 0 Å². The van der Waals surface area contributed by atoms with Crippen molar-refractivity contribution in [2.75, 3.05) is 32.8 Å². The zero-order valence-corrected chi connectivity index (χ0v) is 9.20. The van der Waals surface area contributed by atoms with Gasteiger partial charge in [0.05, 0.1) is 13.2 Å². The lowest BCUT2D eigenvalue weighted by Gasteiger charge is -2.10. The molecule has 0 unspecified atom stereocenters. The minimum atomic E-state index is -4.58. The van der Waals surface area contributed by atoms with Gasteiger partial charge in [-0.15, -0.1) is 0 Å². The summed E-state index contributed by atoms with van der Waals surface area (Å²) < 4.78 is 64.9. The molecule has 0 radical (unpaired) electrons. The standard InChI is InChI=1S/C6H14F3N3O3S/c7-6(8,9)5-12-16(13,14)11-2-4-15-3-1-10/h11-12H,1-5,10H2. The van der Waals surface area contributed by atoms with Gasteiger partial charge in [0.15, 0.2) is 0 Å². The molecular weight excluding hydrogens is 251 g/mol. The van der Waals surface area contributed by atoms with E-state index < -0.39 is 22.9 Å². The molecule has 0 aromatic heterocycles. The smallest absolute Gasteiger partial charge is 0.379 e. The molecule has 0 aliphatic rings. The molecule has 98 valence electrons. The van der Waals surface area contributed by atoms with Crippen molar-refractivity contribution in [3.8, 4) is 0 Å². The van der Waals surface area contributed by atoms with Gasteiger partial charge in [-0.1, -0.05) is 0 Å². The van der Waals surface area contributed by atoms with Crippen LogP contribution >= 0.6 is 0 Å². The van der Waals surface area contributed by atoms with Crippen molar-refractivity contribution in [2.24, 2.45) is 5.73 Å². The minimum absolute atomic E-state index is 0.0458. The SMILES string of the molecule is NCCOCCNS(=O)(=O)NCC(F)(F)F. The molecule has 6 nitrogen and oxygen atoms in total. The highest BCUT2D eigenvalue weighted by Crippen LogP contribution is 2.12. The van der Waals surface area contributed by atoms with Crippen LogP contribution in [0.15, 0.2) is 0 Å². The summed E-state index contributed by atoms with van der Waals surface area (Å²) >= 11 is 0. The van der Waals surface area contributed by atoms with Gasteiger partial charge in [-0.3, -0.25) is 0 Å². The lowest BCUT2D eigenvalue weighted by atomic mass is 10.7.